The van der Waals surface area contributed by atoms with Gasteiger partial charge in [-0.15, -0.1) is 0 Å². The van der Waals surface area contributed by atoms with Crippen LogP contribution in [0.3, 0.4) is 0 Å². The number of unbranched alkanes of at least 4 members (excludes halogenated alkanes) is 2. The molecule has 18 heavy (non-hydrogen) atoms. The van der Waals surface area contributed by atoms with E-state index in [-0.39, 0.29) is 0 Å². The Kier molecular flexibility index (Phi) is 6.19. The fourth-order valence-electron chi connectivity index (χ4n) is 2.35. The molecule has 0 N–H and O–H groups in total. The van der Waals surface area contributed by atoms with E-state index in [1.165, 1.54) is 30.6 Å². The van der Waals surface area contributed by atoms with E-state index in [0.717, 1.165) is 17.6 Å². The smallest absolute Gasteiger partial charge is 0.131 e. The van der Waals surface area contributed by atoms with Gasteiger partial charge in [-0.3, -0.25) is 4.68 Å². The molecule has 3 nitrogen and oxygen atoms in total. The van der Waals surface area contributed by atoms with Crippen LogP contribution in [-0.4, -0.2) is 22.4 Å². The predicted octanol–water partition coefficient (Wildman–Crippen LogP) is 4.03. The second kappa shape index (κ2) is 7.17. The summed E-state index contributed by atoms with van der Waals surface area (Å²) >= 11 is 3.59. The molecule has 0 bridgehead atoms. The zero-order valence-corrected chi connectivity index (χ0v) is 13.9. The Morgan fingerprint density at radius 3 is 2.50 bits per heavy atom. The topological polar surface area (TPSA) is 21.1 Å². The first-order chi connectivity index (χ1) is 8.52. The third-order valence-corrected chi connectivity index (χ3v) is 3.91. The van der Waals surface area contributed by atoms with Crippen molar-refractivity contribution in [1.82, 2.24) is 9.78 Å². The minimum Gasteiger partial charge on any atom is -0.354 e. The quantitative estimate of drug-likeness (QED) is 0.559. The van der Waals surface area contributed by atoms with Crippen molar-refractivity contribution in [2.45, 2.75) is 58.3 Å². The van der Waals surface area contributed by atoms with Gasteiger partial charge in [0.2, 0.25) is 0 Å². The van der Waals surface area contributed by atoms with Gasteiger partial charge in [0.05, 0.1) is 5.69 Å². The largest absolute Gasteiger partial charge is 0.354 e. The summed E-state index contributed by atoms with van der Waals surface area (Å²) in [6.45, 7) is 9.96. The molecule has 104 valence electrons. The first kappa shape index (κ1) is 15.5. The van der Waals surface area contributed by atoms with Crippen molar-refractivity contribution in [3.63, 3.8) is 0 Å². The maximum Gasteiger partial charge on any atom is 0.131 e. The van der Waals surface area contributed by atoms with Crippen LogP contribution in [0, 0.1) is 6.92 Å². The molecule has 0 spiro atoms. The Balaban J connectivity index is 2.98. The molecule has 0 atom stereocenters. The van der Waals surface area contributed by atoms with E-state index in [4.69, 9.17) is 0 Å². The van der Waals surface area contributed by atoms with E-state index in [1.807, 2.05) is 11.7 Å². The lowest BCUT2D eigenvalue weighted by molar-refractivity contribution is 0.598. The summed E-state index contributed by atoms with van der Waals surface area (Å²) in [5.74, 6) is 1.27. The van der Waals surface area contributed by atoms with E-state index >= 15 is 0 Å². The molecule has 1 aromatic heterocycles. The normalized spacial score (nSPS) is 11.3. The fraction of sp³-hybridized carbons (Fsp3) is 0.786. The van der Waals surface area contributed by atoms with Crippen molar-refractivity contribution < 1.29 is 0 Å². The first-order valence-corrected chi connectivity index (χ1v) is 8.00. The molecule has 0 saturated heterocycles. The van der Waals surface area contributed by atoms with E-state index in [1.54, 1.807) is 0 Å². The SMILES string of the molecule is CCCCCN(c1c(CBr)c(C)nn1C)C(C)C. The van der Waals surface area contributed by atoms with Crippen molar-refractivity contribution in [3.05, 3.63) is 11.3 Å². The molecule has 0 radical (unpaired) electrons. The van der Waals surface area contributed by atoms with Crippen molar-refractivity contribution in [3.8, 4) is 0 Å². The van der Waals surface area contributed by atoms with Crippen LogP contribution in [0.2, 0.25) is 0 Å². The summed E-state index contributed by atoms with van der Waals surface area (Å²) in [5, 5.41) is 5.43. The van der Waals surface area contributed by atoms with Gasteiger partial charge in [-0.1, -0.05) is 35.7 Å². The molecule has 0 saturated carbocycles. The highest BCUT2D eigenvalue weighted by Gasteiger charge is 2.20. The summed E-state index contributed by atoms with van der Waals surface area (Å²) in [7, 11) is 2.05. The molecule has 0 fully saturated rings. The third-order valence-electron chi connectivity index (χ3n) is 3.34. The number of aromatic nitrogens is 2. The van der Waals surface area contributed by atoms with E-state index in [0.29, 0.717) is 6.04 Å². The van der Waals surface area contributed by atoms with Gasteiger partial charge in [-0.25, -0.2) is 0 Å². The van der Waals surface area contributed by atoms with Gasteiger partial charge in [0, 0.05) is 30.5 Å². The lowest BCUT2D eigenvalue weighted by atomic mass is 10.2. The van der Waals surface area contributed by atoms with E-state index < -0.39 is 0 Å². The van der Waals surface area contributed by atoms with Crippen molar-refractivity contribution >= 4 is 21.7 Å². The number of aryl methyl sites for hydroxylation is 2. The Morgan fingerprint density at radius 1 is 1.33 bits per heavy atom. The van der Waals surface area contributed by atoms with Crippen LogP contribution >= 0.6 is 15.9 Å². The van der Waals surface area contributed by atoms with Gasteiger partial charge in [-0.05, 0) is 27.2 Å². The van der Waals surface area contributed by atoms with Crippen LogP contribution in [0.25, 0.3) is 0 Å². The van der Waals surface area contributed by atoms with Crippen LogP contribution in [-0.2, 0) is 12.4 Å². The molecule has 0 aliphatic rings. The monoisotopic (exact) mass is 315 g/mol. The minimum absolute atomic E-state index is 0.509. The fourth-order valence-corrected chi connectivity index (χ4v) is 3.00. The lowest BCUT2D eigenvalue weighted by Gasteiger charge is -2.29. The highest BCUT2D eigenvalue weighted by atomic mass is 79.9. The zero-order chi connectivity index (χ0) is 13.7. The average molecular weight is 316 g/mol. The van der Waals surface area contributed by atoms with Crippen LogP contribution in [0.4, 0.5) is 5.82 Å². The van der Waals surface area contributed by atoms with Gasteiger partial charge in [0.25, 0.3) is 0 Å². The molecule has 1 rings (SSSR count). The summed E-state index contributed by atoms with van der Waals surface area (Å²) in [6, 6.07) is 0.509. The summed E-state index contributed by atoms with van der Waals surface area (Å²) < 4.78 is 2.03. The third kappa shape index (κ3) is 3.50. The molecule has 0 unspecified atom stereocenters. The highest BCUT2D eigenvalue weighted by Crippen LogP contribution is 2.27. The molecule has 0 aromatic carbocycles. The van der Waals surface area contributed by atoms with Gasteiger partial charge >= 0.3 is 0 Å². The number of hydrogen-bond acceptors (Lipinski definition) is 2. The molecule has 1 heterocycles. The Bertz CT molecular complexity index is 371. The maximum absolute atomic E-state index is 4.56. The van der Waals surface area contributed by atoms with Crippen LogP contribution in [0.1, 0.15) is 51.3 Å². The van der Waals surface area contributed by atoms with Crippen LogP contribution in [0.5, 0.6) is 0 Å². The standard InChI is InChI=1S/C14H26BrN3/c1-6-7-8-9-18(11(2)3)14-13(10-15)12(4)16-17(14)5/h11H,6-10H2,1-5H3. The molecule has 0 aliphatic heterocycles. The van der Waals surface area contributed by atoms with Gasteiger partial charge in [0.1, 0.15) is 5.82 Å². The Labute approximate surface area is 120 Å². The number of anilines is 1. The van der Waals surface area contributed by atoms with Gasteiger partial charge < -0.3 is 4.90 Å². The van der Waals surface area contributed by atoms with Crippen molar-refractivity contribution in [2.24, 2.45) is 7.05 Å². The van der Waals surface area contributed by atoms with E-state index in [2.05, 4.69) is 53.6 Å². The second-order valence-corrected chi connectivity index (χ2v) is 5.70. The molecule has 4 heteroatoms. The summed E-state index contributed by atoms with van der Waals surface area (Å²) in [6.07, 6.45) is 3.81. The van der Waals surface area contributed by atoms with E-state index in [9.17, 15) is 0 Å². The number of rotatable bonds is 7. The number of nitrogens with zero attached hydrogens (tertiary/aromatic N) is 3. The number of hydrogen-bond donors (Lipinski definition) is 0. The Morgan fingerprint density at radius 2 is 2.00 bits per heavy atom. The van der Waals surface area contributed by atoms with Gasteiger partial charge in [0.15, 0.2) is 0 Å². The molecule has 0 amide bonds. The maximum atomic E-state index is 4.56. The van der Waals surface area contributed by atoms with Crippen molar-refractivity contribution in [1.29, 1.82) is 0 Å². The predicted molar refractivity (Wildman–Crippen MR) is 82.6 cm³/mol. The van der Waals surface area contributed by atoms with Crippen molar-refractivity contribution in [2.75, 3.05) is 11.4 Å². The van der Waals surface area contributed by atoms with Gasteiger partial charge in [-0.2, -0.15) is 5.10 Å². The number of alkyl halides is 1. The minimum atomic E-state index is 0.509. The summed E-state index contributed by atoms with van der Waals surface area (Å²) in [5.41, 5.74) is 2.45. The Hall–Kier alpha value is -0.510. The van der Waals surface area contributed by atoms with Crippen LogP contribution < -0.4 is 4.90 Å². The lowest BCUT2D eigenvalue weighted by Crippen LogP contribution is -2.34. The molecule has 1 aromatic rings. The zero-order valence-electron chi connectivity index (χ0n) is 12.3. The number of halogens is 1. The average Bonchev–Trinajstić information content (AvgIpc) is 2.59. The molecule has 0 aliphatic carbocycles. The first-order valence-electron chi connectivity index (χ1n) is 6.88. The molecular weight excluding hydrogens is 290 g/mol. The second-order valence-electron chi connectivity index (χ2n) is 5.14. The molecular formula is C14H26BrN3. The summed E-state index contributed by atoms with van der Waals surface area (Å²) in [4.78, 5) is 2.48. The van der Waals surface area contributed by atoms with Crippen LogP contribution in [0.15, 0.2) is 0 Å². The highest BCUT2D eigenvalue weighted by molar-refractivity contribution is 9.08.